The highest BCUT2D eigenvalue weighted by Crippen LogP contribution is 2.29. The summed E-state index contributed by atoms with van der Waals surface area (Å²) in [5.41, 5.74) is -0.767. The molecule has 0 aromatic carbocycles. The maximum absolute atomic E-state index is 12.4. The minimum atomic E-state index is -5.14. The van der Waals surface area contributed by atoms with Crippen molar-refractivity contribution in [2.24, 2.45) is 0 Å². The molecule has 1 rings (SSSR count). The molecular formula is C12H11F3O4. The summed E-state index contributed by atoms with van der Waals surface area (Å²) in [7, 11) is 0. The highest BCUT2D eigenvalue weighted by Gasteiger charge is 2.44. The Morgan fingerprint density at radius 3 is 2.58 bits per heavy atom. The second-order valence-electron chi connectivity index (χ2n) is 3.50. The average Bonchev–Trinajstić information content (AvgIpc) is 3.03. The third-order valence-corrected chi connectivity index (χ3v) is 2.11. The molecule has 0 N–H and O–H groups in total. The molecule has 1 aliphatic carbocycles. The van der Waals surface area contributed by atoms with Crippen molar-refractivity contribution in [2.75, 3.05) is 6.61 Å². The summed E-state index contributed by atoms with van der Waals surface area (Å²) >= 11 is 0. The molecule has 1 aliphatic rings. The molecule has 0 aromatic heterocycles. The second kappa shape index (κ2) is 5.73. The Kier molecular flexibility index (Phi) is 4.52. The Labute approximate surface area is 107 Å². The molecular weight excluding hydrogens is 265 g/mol. The van der Waals surface area contributed by atoms with E-state index in [0.717, 1.165) is 12.3 Å². The van der Waals surface area contributed by atoms with Gasteiger partial charge in [-0.1, -0.05) is 6.58 Å². The van der Waals surface area contributed by atoms with Gasteiger partial charge in [0.2, 0.25) is 0 Å². The number of hydrogen-bond donors (Lipinski definition) is 0. The molecule has 1 atom stereocenters. The summed E-state index contributed by atoms with van der Waals surface area (Å²) in [4.78, 5) is 22.5. The Morgan fingerprint density at radius 1 is 1.47 bits per heavy atom. The molecule has 0 saturated heterocycles. The lowest BCUT2D eigenvalue weighted by Crippen LogP contribution is -2.29. The maximum atomic E-state index is 12.4. The zero-order valence-corrected chi connectivity index (χ0v) is 9.99. The van der Waals surface area contributed by atoms with Gasteiger partial charge in [0, 0.05) is 0 Å². The lowest BCUT2D eigenvalue weighted by atomic mass is 10.1. The van der Waals surface area contributed by atoms with Gasteiger partial charge in [-0.25, -0.2) is 4.79 Å². The van der Waals surface area contributed by atoms with Crippen LogP contribution in [-0.4, -0.2) is 30.6 Å². The second-order valence-corrected chi connectivity index (χ2v) is 3.50. The number of carbonyl (C=O) groups excluding carboxylic acids is 2. The fourth-order valence-corrected chi connectivity index (χ4v) is 1.22. The van der Waals surface area contributed by atoms with E-state index < -0.39 is 29.6 Å². The minimum absolute atomic E-state index is 0.132. The van der Waals surface area contributed by atoms with Crippen LogP contribution in [0.1, 0.15) is 6.92 Å². The molecule has 0 aliphatic heterocycles. The summed E-state index contributed by atoms with van der Waals surface area (Å²) in [6, 6.07) is 0. The molecule has 7 heteroatoms. The van der Waals surface area contributed by atoms with E-state index in [2.05, 4.69) is 11.3 Å². The molecule has 0 bridgehead atoms. The number of alkyl halides is 3. The molecule has 0 spiro atoms. The largest absolute Gasteiger partial charge is 0.490 e. The molecule has 0 fully saturated rings. The molecule has 0 saturated carbocycles. The Morgan fingerprint density at radius 2 is 2.11 bits per heavy atom. The fraction of sp³-hybridized carbons (Fsp3) is 0.333. The summed E-state index contributed by atoms with van der Waals surface area (Å²) in [5, 5.41) is 0. The van der Waals surface area contributed by atoms with E-state index in [4.69, 9.17) is 4.74 Å². The number of halogens is 3. The van der Waals surface area contributed by atoms with Gasteiger partial charge < -0.3 is 9.47 Å². The minimum Gasteiger partial charge on any atom is -0.490 e. The Bertz CT molecular complexity index is 460. The first-order valence-electron chi connectivity index (χ1n) is 5.29. The number of esters is 1. The van der Waals surface area contributed by atoms with Crippen molar-refractivity contribution in [2.45, 2.75) is 19.2 Å². The Hall–Kier alpha value is -2.05. The monoisotopic (exact) mass is 276 g/mol. The SMILES string of the molecule is C=COC1C=C1/C=C(\C(=O)OCC)C(=O)C(F)(F)F. The van der Waals surface area contributed by atoms with Gasteiger partial charge in [0.1, 0.15) is 11.7 Å². The molecule has 104 valence electrons. The third kappa shape index (κ3) is 3.97. The van der Waals surface area contributed by atoms with Crippen LogP contribution in [0, 0.1) is 0 Å². The first-order valence-corrected chi connectivity index (χ1v) is 5.29. The van der Waals surface area contributed by atoms with Crippen molar-refractivity contribution in [1.82, 2.24) is 0 Å². The summed E-state index contributed by atoms with van der Waals surface area (Å²) in [6.07, 6.45) is -2.32. The highest BCUT2D eigenvalue weighted by molar-refractivity contribution is 6.19. The number of ketones is 1. The van der Waals surface area contributed by atoms with Gasteiger partial charge >= 0.3 is 12.1 Å². The number of hydrogen-bond acceptors (Lipinski definition) is 4. The average molecular weight is 276 g/mol. The van der Waals surface area contributed by atoms with Crippen molar-refractivity contribution < 1.29 is 32.2 Å². The molecule has 0 aromatic rings. The topological polar surface area (TPSA) is 52.6 Å². The summed E-state index contributed by atoms with van der Waals surface area (Å²) in [5.74, 6) is -3.55. The van der Waals surface area contributed by atoms with E-state index in [1.165, 1.54) is 13.0 Å². The normalized spacial score (nSPS) is 18.4. The predicted octanol–water partition coefficient (Wildman–Crippen LogP) is 2.08. The smallest absolute Gasteiger partial charge is 0.455 e. The van der Waals surface area contributed by atoms with Gasteiger partial charge in [-0.2, -0.15) is 13.2 Å². The molecule has 19 heavy (non-hydrogen) atoms. The van der Waals surface area contributed by atoms with Gasteiger partial charge in [0.25, 0.3) is 5.78 Å². The zero-order valence-electron chi connectivity index (χ0n) is 9.99. The highest BCUT2D eigenvalue weighted by atomic mass is 19.4. The van der Waals surface area contributed by atoms with E-state index in [1.54, 1.807) is 0 Å². The van der Waals surface area contributed by atoms with Crippen LogP contribution < -0.4 is 0 Å². The Balaban J connectivity index is 2.92. The lowest BCUT2D eigenvalue weighted by molar-refractivity contribution is -0.168. The number of rotatable bonds is 6. The summed E-state index contributed by atoms with van der Waals surface area (Å²) < 4.78 is 46.3. The van der Waals surface area contributed by atoms with E-state index in [1.807, 2.05) is 0 Å². The number of ether oxygens (including phenoxy) is 2. The third-order valence-electron chi connectivity index (χ3n) is 2.11. The van der Waals surface area contributed by atoms with E-state index >= 15 is 0 Å². The van der Waals surface area contributed by atoms with Gasteiger partial charge in [-0.3, -0.25) is 4.79 Å². The lowest BCUT2D eigenvalue weighted by Gasteiger charge is -2.08. The molecule has 4 nitrogen and oxygen atoms in total. The maximum Gasteiger partial charge on any atom is 0.455 e. The summed E-state index contributed by atoms with van der Waals surface area (Å²) in [6.45, 7) is 4.57. The molecule has 0 radical (unpaired) electrons. The van der Waals surface area contributed by atoms with Crippen LogP contribution in [0.15, 0.2) is 36.1 Å². The fourth-order valence-electron chi connectivity index (χ4n) is 1.22. The van der Waals surface area contributed by atoms with Crippen LogP contribution in [0.2, 0.25) is 0 Å². The van der Waals surface area contributed by atoms with Gasteiger partial charge in [-0.15, -0.1) is 0 Å². The van der Waals surface area contributed by atoms with Crippen molar-refractivity contribution in [1.29, 1.82) is 0 Å². The van der Waals surface area contributed by atoms with E-state index in [-0.39, 0.29) is 6.61 Å². The van der Waals surface area contributed by atoms with Gasteiger partial charge in [0.05, 0.1) is 12.9 Å². The van der Waals surface area contributed by atoms with Crippen molar-refractivity contribution in [3.05, 3.63) is 36.1 Å². The van der Waals surface area contributed by atoms with Crippen molar-refractivity contribution in [3.63, 3.8) is 0 Å². The standard InChI is InChI=1S/C12H11F3O4/c1-3-18-9-6-7(9)5-8(11(17)19-4-2)10(16)12(13,14)15/h3,5-6,9H,1,4H2,2H3/b8-5-. The number of carbonyl (C=O) groups is 2. The van der Waals surface area contributed by atoms with Crippen LogP contribution in [0.25, 0.3) is 0 Å². The van der Waals surface area contributed by atoms with Crippen LogP contribution in [0.3, 0.4) is 0 Å². The van der Waals surface area contributed by atoms with E-state index in [9.17, 15) is 22.8 Å². The molecule has 1 unspecified atom stereocenters. The first-order chi connectivity index (χ1) is 8.81. The van der Waals surface area contributed by atoms with Crippen LogP contribution >= 0.6 is 0 Å². The number of Topliss-reactive ketones (excluding diaryl/α,β-unsaturated/α-hetero) is 1. The van der Waals surface area contributed by atoms with Crippen LogP contribution in [0.4, 0.5) is 13.2 Å². The van der Waals surface area contributed by atoms with Crippen molar-refractivity contribution >= 4 is 11.8 Å². The predicted molar refractivity (Wildman–Crippen MR) is 58.9 cm³/mol. The van der Waals surface area contributed by atoms with Crippen molar-refractivity contribution in [3.8, 4) is 0 Å². The zero-order chi connectivity index (χ0) is 14.6. The van der Waals surface area contributed by atoms with E-state index in [0.29, 0.717) is 5.57 Å². The van der Waals surface area contributed by atoms with Gasteiger partial charge in [-0.05, 0) is 24.6 Å². The van der Waals surface area contributed by atoms with Gasteiger partial charge in [0.15, 0.2) is 0 Å². The first kappa shape index (κ1) is 15.0. The van der Waals surface area contributed by atoms with Crippen LogP contribution in [0.5, 0.6) is 0 Å². The van der Waals surface area contributed by atoms with Crippen LogP contribution in [-0.2, 0) is 19.1 Å². The molecule has 0 amide bonds. The quantitative estimate of drug-likeness (QED) is 0.245. The molecule has 0 heterocycles.